The lowest BCUT2D eigenvalue weighted by Crippen LogP contribution is -2.50. The second kappa shape index (κ2) is 5.54. The molecule has 0 radical (unpaired) electrons. The summed E-state index contributed by atoms with van der Waals surface area (Å²) < 4.78 is 4.58. The number of methoxy groups -OCH3 is 1. The first-order valence-electron chi connectivity index (χ1n) is 5.00. The van der Waals surface area contributed by atoms with E-state index in [9.17, 15) is 9.59 Å². The molecule has 0 spiro atoms. The zero-order valence-corrected chi connectivity index (χ0v) is 11.6. The van der Waals surface area contributed by atoms with Gasteiger partial charge in [0.05, 0.1) is 7.11 Å². The van der Waals surface area contributed by atoms with Crippen LogP contribution in [0.15, 0.2) is 12.1 Å². The smallest absolute Gasteiger partial charge is 0.330 e. The van der Waals surface area contributed by atoms with Gasteiger partial charge in [-0.2, -0.15) is 0 Å². The number of aromatic nitrogens is 1. The average Bonchev–Trinajstić information content (AvgIpc) is 2.25. The van der Waals surface area contributed by atoms with Crippen molar-refractivity contribution in [2.24, 2.45) is 0 Å². The number of hydrogen-bond acceptors (Lipinski definition) is 4. The number of nitrogens with zero attached hydrogens (tertiary/aromatic N) is 1. The first-order chi connectivity index (χ1) is 8.26. The molecule has 98 valence electrons. The fourth-order valence-corrected chi connectivity index (χ4v) is 1.72. The Bertz CT molecular complexity index is 469. The minimum absolute atomic E-state index is 0.100. The minimum atomic E-state index is -1.14. The predicted octanol–water partition coefficient (Wildman–Crippen LogP) is 2.07. The van der Waals surface area contributed by atoms with Crippen LogP contribution < -0.4 is 5.32 Å². The molecular formula is C11H12Cl2N2O3. The van der Waals surface area contributed by atoms with Gasteiger partial charge in [-0.05, 0) is 26.0 Å². The lowest BCUT2D eigenvalue weighted by atomic mass is 10.1. The molecule has 0 bridgehead atoms. The van der Waals surface area contributed by atoms with Crippen LogP contribution >= 0.6 is 23.2 Å². The van der Waals surface area contributed by atoms with Crippen molar-refractivity contribution in [1.29, 1.82) is 0 Å². The SMILES string of the molecule is COC(=O)C(C)(C)NC(=O)c1cc(Cl)nc(Cl)c1. The molecule has 0 aliphatic rings. The molecule has 1 aromatic rings. The van der Waals surface area contributed by atoms with Crippen LogP contribution in [0.4, 0.5) is 0 Å². The second-order valence-corrected chi connectivity index (χ2v) is 4.85. The third kappa shape index (κ3) is 3.58. The van der Waals surface area contributed by atoms with E-state index >= 15 is 0 Å². The molecule has 1 aromatic heterocycles. The highest BCUT2D eigenvalue weighted by Crippen LogP contribution is 2.15. The van der Waals surface area contributed by atoms with Crippen LogP contribution in [0, 0.1) is 0 Å². The van der Waals surface area contributed by atoms with E-state index in [-0.39, 0.29) is 15.9 Å². The summed E-state index contributed by atoms with van der Waals surface area (Å²) in [4.78, 5) is 27.1. The van der Waals surface area contributed by atoms with Gasteiger partial charge in [0.2, 0.25) is 0 Å². The number of hydrogen-bond donors (Lipinski definition) is 1. The molecule has 1 amide bonds. The molecule has 0 saturated carbocycles. The molecular weight excluding hydrogens is 279 g/mol. The standard InChI is InChI=1S/C11H12Cl2N2O3/c1-11(2,10(17)18-3)15-9(16)6-4-7(12)14-8(13)5-6/h4-5H,1-3H3,(H,15,16). The van der Waals surface area contributed by atoms with Gasteiger partial charge >= 0.3 is 5.97 Å². The highest BCUT2D eigenvalue weighted by Gasteiger charge is 2.30. The van der Waals surface area contributed by atoms with Gasteiger partial charge in [-0.1, -0.05) is 23.2 Å². The number of carbonyl (C=O) groups excluding carboxylic acids is 2. The summed E-state index contributed by atoms with van der Waals surface area (Å²) in [6, 6.07) is 2.71. The fourth-order valence-electron chi connectivity index (χ4n) is 1.26. The monoisotopic (exact) mass is 290 g/mol. The number of nitrogens with one attached hydrogen (secondary N) is 1. The van der Waals surface area contributed by atoms with E-state index < -0.39 is 17.4 Å². The predicted molar refractivity (Wildman–Crippen MR) is 67.8 cm³/mol. The van der Waals surface area contributed by atoms with Crippen molar-refractivity contribution in [2.45, 2.75) is 19.4 Å². The summed E-state index contributed by atoms with van der Waals surface area (Å²) in [6.07, 6.45) is 0. The van der Waals surface area contributed by atoms with Gasteiger partial charge in [-0.25, -0.2) is 9.78 Å². The van der Waals surface area contributed by atoms with Crippen molar-refractivity contribution in [2.75, 3.05) is 7.11 Å². The maximum absolute atomic E-state index is 11.9. The molecule has 1 N–H and O–H groups in total. The third-order valence-corrected chi connectivity index (χ3v) is 2.53. The first kappa shape index (κ1) is 14.7. The number of carbonyl (C=O) groups is 2. The van der Waals surface area contributed by atoms with Crippen molar-refractivity contribution in [1.82, 2.24) is 10.3 Å². The molecule has 0 fully saturated rings. The normalized spacial score (nSPS) is 10.9. The summed E-state index contributed by atoms with van der Waals surface area (Å²) >= 11 is 11.4. The highest BCUT2D eigenvalue weighted by molar-refractivity contribution is 6.33. The average molecular weight is 291 g/mol. The summed E-state index contributed by atoms with van der Waals surface area (Å²) in [5, 5.41) is 2.72. The zero-order chi connectivity index (χ0) is 13.9. The maximum atomic E-state index is 11.9. The van der Waals surface area contributed by atoms with Crippen LogP contribution in [-0.2, 0) is 9.53 Å². The number of ether oxygens (including phenoxy) is 1. The maximum Gasteiger partial charge on any atom is 0.330 e. The van der Waals surface area contributed by atoms with E-state index in [4.69, 9.17) is 23.2 Å². The Morgan fingerprint density at radius 1 is 1.28 bits per heavy atom. The minimum Gasteiger partial charge on any atom is -0.467 e. The Labute approximate surface area is 114 Å². The lowest BCUT2D eigenvalue weighted by molar-refractivity contribution is -0.146. The third-order valence-electron chi connectivity index (χ3n) is 2.15. The number of rotatable bonds is 3. The molecule has 0 unspecified atom stereocenters. The Kier molecular flexibility index (Phi) is 4.53. The van der Waals surface area contributed by atoms with Crippen molar-refractivity contribution >= 4 is 35.1 Å². The van der Waals surface area contributed by atoms with Crippen LogP contribution in [0.1, 0.15) is 24.2 Å². The van der Waals surface area contributed by atoms with Crippen LogP contribution in [0.2, 0.25) is 10.3 Å². The van der Waals surface area contributed by atoms with Crippen molar-refractivity contribution in [3.63, 3.8) is 0 Å². The van der Waals surface area contributed by atoms with E-state index in [1.165, 1.54) is 33.1 Å². The second-order valence-electron chi connectivity index (χ2n) is 4.07. The zero-order valence-electron chi connectivity index (χ0n) is 10.1. The lowest BCUT2D eigenvalue weighted by Gasteiger charge is -2.23. The molecule has 18 heavy (non-hydrogen) atoms. The van der Waals surface area contributed by atoms with Crippen molar-refractivity contribution < 1.29 is 14.3 Å². The van der Waals surface area contributed by atoms with Crippen molar-refractivity contribution in [3.8, 4) is 0 Å². The number of esters is 1. The van der Waals surface area contributed by atoms with Gasteiger partial charge in [-0.15, -0.1) is 0 Å². The van der Waals surface area contributed by atoms with Gasteiger partial charge in [-0.3, -0.25) is 4.79 Å². The summed E-state index contributed by atoms with van der Waals surface area (Å²) in [5.74, 6) is -1.04. The summed E-state index contributed by atoms with van der Waals surface area (Å²) in [7, 11) is 1.25. The largest absolute Gasteiger partial charge is 0.467 e. The van der Waals surface area contributed by atoms with Gasteiger partial charge in [0.15, 0.2) is 0 Å². The first-order valence-corrected chi connectivity index (χ1v) is 5.76. The molecule has 1 heterocycles. The molecule has 0 saturated heterocycles. The van der Waals surface area contributed by atoms with Gasteiger partial charge in [0.1, 0.15) is 15.8 Å². The quantitative estimate of drug-likeness (QED) is 0.683. The number of pyridine rings is 1. The van der Waals surface area contributed by atoms with Crippen LogP contribution in [0.5, 0.6) is 0 Å². The Morgan fingerprint density at radius 2 is 1.78 bits per heavy atom. The van der Waals surface area contributed by atoms with E-state index in [1.54, 1.807) is 0 Å². The number of halogens is 2. The molecule has 0 aromatic carbocycles. The molecule has 7 heteroatoms. The highest BCUT2D eigenvalue weighted by atomic mass is 35.5. The van der Waals surface area contributed by atoms with Gasteiger partial charge < -0.3 is 10.1 Å². The topological polar surface area (TPSA) is 68.3 Å². The van der Waals surface area contributed by atoms with E-state index in [2.05, 4.69) is 15.0 Å². The number of amides is 1. The van der Waals surface area contributed by atoms with Crippen LogP contribution in [-0.4, -0.2) is 29.5 Å². The van der Waals surface area contributed by atoms with Crippen LogP contribution in [0.3, 0.4) is 0 Å². The fraction of sp³-hybridized carbons (Fsp3) is 0.364. The molecule has 0 atom stereocenters. The molecule has 0 aliphatic heterocycles. The Hall–Kier alpha value is -1.33. The van der Waals surface area contributed by atoms with Gasteiger partial charge in [0, 0.05) is 5.56 Å². The van der Waals surface area contributed by atoms with Crippen LogP contribution in [0.25, 0.3) is 0 Å². The van der Waals surface area contributed by atoms with Gasteiger partial charge in [0.25, 0.3) is 5.91 Å². The molecule has 0 aliphatic carbocycles. The van der Waals surface area contributed by atoms with E-state index in [0.29, 0.717) is 0 Å². The van der Waals surface area contributed by atoms with E-state index in [1.807, 2.05) is 0 Å². The van der Waals surface area contributed by atoms with E-state index in [0.717, 1.165) is 0 Å². The summed E-state index contributed by atoms with van der Waals surface area (Å²) in [6.45, 7) is 3.06. The summed E-state index contributed by atoms with van der Waals surface area (Å²) in [5.41, 5.74) is -0.925. The molecule has 5 nitrogen and oxygen atoms in total. The van der Waals surface area contributed by atoms with Crippen molar-refractivity contribution in [3.05, 3.63) is 28.0 Å². The molecule has 1 rings (SSSR count). The Balaban J connectivity index is 2.92. The Morgan fingerprint density at radius 3 is 2.22 bits per heavy atom.